The van der Waals surface area contributed by atoms with Crippen molar-refractivity contribution in [3.05, 3.63) is 93.9 Å². The topological polar surface area (TPSA) is 60.3 Å². The Morgan fingerprint density at radius 2 is 1.78 bits per heavy atom. The van der Waals surface area contributed by atoms with Crippen LogP contribution in [0.15, 0.2) is 71.7 Å². The summed E-state index contributed by atoms with van der Waals surface area (Å²) in [6, 6.07) is 18.1. The van der Waals surface area contributed by atoms with Crippen LogP contribution in [0, 0.1) is 6.92 Å². The molecule has 0 fully saturated rings. The number of rotatable bonds is 6. The molecule has 0 aliphatic rings. The molecule has 0 aliphatic heterocycles. The van der Waals surface area contributed by atoms with Gasteiger partial charge in [-0.3, -0.25) is 9.59 Å². The third kappa shape index (κ3) is 4.44. The number of anilines is 1. The van der Waals surface area contributed by atoms with Gasteiger partial charge in [-0.25, -0.2) is 0 Å². The second-order valence-electron chi connectivity index (χ2n) is 6.19. The van der Waals surface area contributed by atoms with Gasteiger partial charge in [-0.1, -0.05) is 36.4 Å². The average molecular weight is 362 g/mol. The van der Waals surface area contributed by atoms with Crippen molar-refractivity contribution in [2.45, 2.75) is 20.4 Å². The number of ether oxygens (including phenoxy) is 1. The minimum atomic E-state index is -0.291. The van der Waals surface area contributed by atoms with E-state index in [1.54, 1.807) is 22.9 Å². The zero-order valence-corrected chi connectivity index (χ0v) is 15.4. The first-order chi connectivity index (χ1) is 13.1. The van der Waals surface area contributed by atoms with Gasteiger partial charge in [0.15, 0.2) is 0 Å². The Hall–Kier alpha value is -3.34. The van der Waals surface area contributed by atoms with Crippen molar-refractivity contribution in [2.75, 3.05) is 11.9 Å². The number of carbonyl (C=O) groups is 1. The lowest BCUT2D eigenvalue weighted by molar-refractivity contribution is 0.102. The van der Waals surface area contributed by atoms with E-state index in [1.165, 1.54) is 12.1 Å². The molecular weight excluding hydrogens is 340 g/mol. The molecule has 0 saturated carbocycles. The molecular formula is C22H22N2O3. The lowest BCUT2D eigenvalue weighted by Gasteiger charge is -2.13. The van der Waals surface area contributed by atoms with E-state index < -0.39 is 0 Å². The largest absolute Gasteiger partial charge is 0.492 e. The van der Waals surface area contributed by atoms with Crippen LogP contribution in [0.3, 0.4) is 0 Å². The number of hydrogen-bond donors (Lipinski definition) is 1. The molecule has 0 spiro atoms. The van der Waals surface area contributed by atoms with Crippen LogP contribution in [0.25, 0.3) is 0 Å². The fourth-order valence-corrected chi connectivity index (χ4v) is 2.81. The molecule has 1 aromatic heterocycles. The summed E-state index contributed by atoms with van der Waals surface area (Å²) in [4.78, 5) is 24.9. The van der Waals surface area contributed by atoms with E-state index in [1.807, 2.05) is 50.2 Å². The summed E-state index contributed by atoms with van der Waals surface area (Å²) in [5.41, 5.74) is 3.00. The molecule has 1 heterocycles. The maximum atomic E-state index is 12.7. The van der Waals surface area contributed by atoms with E-state index in [9.17, 15) is 9.59 Å². The minimum absolute atomic E-state index is 0.149. The van der Waals surface area contributed by atoms with Crippen LogP contribution in [-0.2, 0) is 6.54 Å². The predicted octanol–water partition coefficient (Wildman–Crippen LogP) is 3.86. The number of aromatic nitrogens is 1. The first-order valence-electron chi connectivity index (χ1n) is 8.86. The first-order valence-corrected chi connectivity index (χ1v) is 8.86. The summed E-state index contributed by atoms with van der Waals surface area (Å²) < 4.78 is 7.09. The minimum Gasteiger partial charge on any atom is -0.492 e. The second-order valence-corrected chi connectivity index (χ2v) is 6.19. The number of para-hydroxylation sites is 2. The van der Waals surface area contributed by atoms with Gasteiger partial charge in [0, 0.05) is 12.3 Å². The Kier molecular flexibility index (Phi) is 5.71. The Bertz CT molecular complexity index is 1010. The number of nitrogens with zero attached hydrogens (tertiary/aromatic N) is 1. The van der Waals surface area contributed by atoms with Gasteiger partial charge < -0.3 is 14.6 Å². The number of nitrogens with one attached hydrogen (secondary N) is 1. The second kappa shape index (κ2) is 8.36. The fourth-order valence-electron chi connectivity index (χ4n) is 2.81. The summed E-state index contributed by atoms with van der Waals surface area (Å²) >= 11 is 0. The van der Waals surface area contributed by atoms with Crippen molar-refractivity contribution < 1.29 is 9.53 Å². The van der Waals surface area contributed by atoms with Gasteiger partial charge in [0.1, 0.15) is 5.75 Å². The molecule has 2 aromatic carbocycles. The maximum Gasteiger partial charge on any atom is 0.257 e. The lowest BCUT2D eigenvalue weighted by Crippen LogP contribution is -2.23. The predicted molar refractivity (Wildman–Crippen MR) is 107 cm³/mol. The van der Waals surface area contributed by atoms with E-state index in [0.29, 0.717) is 30.2 Å². The van der Waals surface area contributed by atoms with Gasteiger partial charge in [0.25, 0.3) is 11.5 Å². The third-order valence-electron chi connectivity index (χ3n) is 4.28. The summed E-state index contributed by atoms with van der Waals surface area (Å²) in [5, 5.41) is 2.85. The number of aryl methyl sites for hydroxylation is 1. The highest BCUT2D eigenvalue weighted by Crippen LogP contribution is 2.24. The van der Waals surface area contributed by atoms with Crippen molar-refractivity contribution in [2.24, 2.45) is 0 Å². The zero-order valence-electron chi connectivity index (χ0n) is 15.4. The SMILES string of the molecule is CCOc1ccccc1NC(=O)c1ccc(=O)n(Cc2ccccc2C)c1. The standard InChI is InChI=1S/C22H22N2O3/c1-3-27-20-11-7-6-10-19(20)23-22(26)18-12-13-21(25)24(15-18)14-17-9-5-4-8-16(17)2/h4-13,15H,3,14H2,1-2H3,(H,23,26). The quantitative estimate of drug-likeness (QED) is 0.724. The Morgan fingerprint density at radius 1 is 1.04 bits per heavy atom. The van der Waals surface area contributed by atoms with Gasteiger partial charge in [0.05, 0.1) is 24.4 Å². The van der Waals surface area contributed by atoms with Crippen LogP contribution in [-0.4, -0.2) is 17.1 Å². The van der Waals surface area contributed by atoms with Crippen LogP contribution in [0.1, 0.15) is 28.4 Å². The highest BCUT2D eigenvalue weighted by Gasteiger charge is 2.11. The van der Waals surface area contributed by atoms with E-state index in [-0.39, 0.29) is 11.5 Å². The molecule has 27 heavy (non-hydrogen) atoms. The van der Waals surface area contributed by atoms with Crippen molar-refractivity contribution >= 4 is 11.6 Å². The molecule has 3 aromatic rings. The van der Waals surface area contributed by atoms with Gasteiger partial charge >= 0.3 is 0 Å². The maximum absolute atomic E-state index is 12.7. The molecule has 0 atom stereocenters. The summed E-state index contributed by atoms with van der Waals surface area (Å²) in [5.74, 6) is 0.322. The number of benzene rings is 2. The van der Waals surface area contributed by atoms with E-state index in [2.05, 4.69) is 5.32 Å². The molecule has 1 N–H and O–H groups in total. The lowest BCUT2D eigenvalue weighted by atomic mass is 10.1. The van der Waals surface area contributed by atoms with E-state index in [4.69, 9.17) is 4.74 Å². The molecule has 1 amide bonds. The molecule has 0 aliphatic carbocycles. The van der Waals surface area contributed by atoms with Crippen LogP contribution < -0.4 is 15.6 Å². The van der Waals surface area contributed by atoms with Gasteiger partial charge in [-0.2, -0.15) is 0 Å². The average Bonchev–Trinajstić information content (AvgIpc) is 2.67. The third-order valence-corrected chi connectivity index (χ3v) is 4.28. The van der Waals surface area contributed by atoms with Gasteiger partial charge in [0.2, 0.25) is 0 Å². The molecule has 138 valence electrons. The summed E-state index contributed by atoms with van der Waals surface area (Å²) in [7, 11) is 0. The molecule has 3 rings (SSSR count). The van der Waals surface area contributed by atoms with Crippen LogP contribution in [0.4, 0.5) is 5.69 Å². The van der Waals surface area contributed by atoms with Crippen LogP contribution >= 0.6 is 0 Å². The molecule has 5 heteroatoms. The number of amides is 1. The van der Waals surface area contributed by atoms with E-state index in [0.717, 1.165) is 11.1 Å². The highest BCUT2D eigenvalue weighted by atomic mass is 16.5. The molecule has 0 bridgehead atoms. The highest BCUT2D eigenvalue weighted by molar-refractivity contribution is 6.04. The summed E-state index contributed by atoms with van der Waals surface area (Å²) in [6.45, 7) is 4.82. The number of pyridine rings is 1. The molecule has 0 unspecified atom stereocenters. The van der Waals surface area contributed by atoms with Crippen molar-refractivity contribution in [1.29, 1.82) is 0 Å². The van der Waals surface area contributed by atoms with Crippen molar-refractivity contribution in [3.63, 3.8) is 0 Å². The Balaban J connectivity index is 1.84. The Morgan fingerprint density at radius 3 is 2.56 bits per heavy atom. The zero-order chi connectivity index (χ0) is 19.2. The van der Waals surface area contributed by atoms with Crippen LogP contribution in [0.5, 0.6) is 5.75 Å². The smallest absolute Gasteiger partial charge is 0.257 e. The molecule has 0 saturated heterocycles. The number of hydrogen-bond acceptors (Lipinski definition) is 3. The van der Waals surface area contributed by atoms with Crippen LogP contribution in [0.2, 0.25) is 0 Å². The number of carbonyl (C=O) groups excluding carboxylic acids is 1. The van der Waals surface area contributed by atoms with E-state index >= 15 is 0 Å². The molecule has 5 nitrogen and oxygen atoms in total. The normalized spacial score (nSPS) is 10.4. The van der Waals surface area contributed by atoms with Crippen molar-refractivity contribution in [3.8, 4) is 5.75 Å². The van der Waals surface area contributed by atoms with Gasteiger partial charge in [-0.05, 0) is 43.2 Å². The van der Waals surface area contributed by atoms with Gasteiger partial charge in [-0.15, -0.1) is 0 Å². The fraction of sp³-hybridized carbons (Fsp3) is 0.182. The first kappa shape index (κ1) is 18.5. The monoisotopic (exact) mass is 362 g/mol. The summed E-state index contributed by atoms with van der Waals surface area (Å²) in [6.07, 6.45) is 1.59. The molecule has 0 radical (unpaired) electrons. The van der Waals surface area contributed by atoms with Crippen molar-refractivity contribution in [1.82, 2.24) is 4.57 Å². The Labute approximate surface area is 158 Å².